The van der Waals surface area contributed by atoms with Crippen LogP contribution >= 0.6 is 0 Å². The molecule has 1 aliphatic rings. The lowest BCUT2D eigenvalue weighted by Crippen LogP contribution is -2.45. The molecule has 1 aromatic carbocycles. The maximum atomic E-state index is 13.1. The fourth-order valence-electron chi connectivity index (χ4n) is 3.42. The molecule has 1 aliphatic heterocycles. The minimum atomic E-state index is -0.321. The number of carbonyl (C=O) groups excluding carboxylic acids is 1. The lowest BCUT2D eigenvalue weighted by Gasteiger charge is -2.32. The molecule has 2 aromatic heterocycles. The SMILES string of the molecule is Cc1cc(=O)[nH]c(N2CCC(NC(=O)c3cc(-c4ccc(F)cc4)n[nH]3)CC2)n1. The van der Waals surface area contributed by atoms with Crippen LogP contribution in [0.1, 0.15) is 29.0 Å². The van der Waals surface area contributed by atoms with Crippen LogP contribution in [0.4, 0.5) is 10.3 Å². The third kappa shape index (κ3) is 4.34. The van der Waals surface area contributed by atoms with E-state index in [1.165, 1.54) is 18.2 Å². The van der Waals surface area contributed by atoms with Crippen LogP contribution in [0.5, 0.6) is 0 Å². The van der Waals surface area contributed by atoms with Gasteiger partial charge in [0.05, 0.1) is 5.69 Å². The van der Waals surface area contributed by atoms with Crippen molar-refractivity contribution in [2.24, 2.45) is 0 Å². The van der Waals surface area contributed by atoms with Crippen LogP contribution in [0.3, 0.4) is 0 Å². The highest BCUT2D eigenvalue weighted by Crippen LogP contribution is 2.19. The number of carbonyl (C=O) groups is 1. The van der Waals surface area contributed by atoms with E-state index in [0.29, 0.717) is 36.1 Å². The summed E-state index contributed by atoms with van der Waals surface area (Å²) in [5.41, 5.74) is 2.18. The summed E-state index contributed by atoms with van der Waals surface area (Å²) >= 11 is 0. The zero-order chi connectivity index (χ0) is 20.4. The number of H-pyrrole nitrogens is 2. The number of nitrogens with zero attached hydrogens (tertiary/aromatic N) is 3. The van der Waals surface area contributed by atoms with E-state index >= 15 is 0 Å². The molecule has 0 saturated carbocycles. The van der Waals surface area contributed by atoms with E-state index in [-0.39, 0.29) is 23.3 Å². The molecule has 150 valence electrons. The Balaban J connectivity index is 1.35. The van der Waals surface area contributed by atoms with Crippen LogP contribution in [-0.4, -0.2) is 45.2 Å². The highest BCUT2D eigenvalue weighted by Gasteiger charge is 2.23. The van der Waals surface area contributed by atoms with Gasteiger partial charge in [0.25, 0.3) is 11.5 Å². The second-order valence-electron chi connectivity index (χ2n) is 7.12. The van der Waals surface area contributed by atoms with Gasteiger partial charge in [-0.25, -0.2) is 9.37 Å². The summed E-state index contributed by atoms with van der Waals surface area (Å²) in [6.45, 7) is 3.15. The number of piperidine rings is 1. The lowest BCUT2D eigenvalue weighted by molar-refractivity contribution is 0.0926. The van der Waals surface area contributed by atoms with Crippen molar-refractivity contribution in [2.75, 3.05) is 18.0 Å². The maximum absolute atomic E-state index is 13.1. The number of rotatable bonds is 4. The zero-order valence-electron chi connectivity index (χ0n) is 15.9. The topological polar surface area (TPSA) is 107 Å². The lowest BCUT2D eigenvalue weighted by atomic mass is 10.1. The van der Waals surface area contributed by atoms with E-state index < -0.39 is 0 Å². The monoisotopic (exact) mass is 396 g/mol. The minimum Gasteiger partial charge on any atom is -0.348 e. The van der Waals surface area contributed by atoms with E-state index in [4.69, 9.17) is 0 Å². The molecule has 0 bridgehead atoms. The molecule has 1 amide bonds. The summed E-state index contributed by atoms with van der Waals surface area (Å²) in [4.78, 5) is 33.3. The van der Waals surface area contributed by atoms with Gasteiger partial charge in [0.2, 0.25) is 5.95 Å². The third-order valence-corrected chi connectivity index (χ3v) is 4.95. The van der Waals surface area contributed by atoms with Crippen LogP contribution in [0.15, 0.2) is 41.2 Å². The van der Waals surface area contributed by atoms with Crippen molar-refractivity contribution in [1.29, 1.82) is 0 Å². The Morgan fingerprint density at radius 3 is 2.62 bits per heavy atom. The second-order valence-corrected chi connectivity index (χ2v) is 7.12. The molecule has 3 aromatic rings. The van der Waals surface area contributed by atoms with Crippen LogP contribution in [0.2, 0.25) is 0 Å². The van der Waals surface area contributed by atoms with Gasteiger partial charge in [0.15, 0.2) is 0 Å². The Labute approximate surface area is 166 Å². The molecular weight excluding hydrogens is 375 g/mol. The maximum Gasteiger partial charge on any atom is 0.269 e. The van der Waals surface area contributed by atoms with Crippen molar-refractivity contribution in [3.05, 3.63) is 64.0 Å². The standard InChI is InChI=1S/C20H21FN6O2/c1-12-10-18(28)24-20(22-12)27-8-6-15(7-9-27)23-19(29)17-11-16(25-26-17)13-2-4-14(21)5-3-13/h2-5,10-11,15H,6-9H2,1H3,(H,23,29)(H,25,26)(H,22,24,28). The predicted octanol–water partition coefficient (Wildman–Crippen LogP) is 2.01. The van der Waals surface area contributed by atoms with Gasteiger partial charge in [-0.1, -0.05) is 0 Å². The summed E-state index contributed by atoms with van der Waals surface area (Å²) in [6, 6.07) is 9.08. The molecule has 1 saturated heterocycles. The number of anilines is 1. The fourth-order valence-corrected chi connectivity index (χ4v) is 3.42. The van der Waals surface area contributed by atoms with Gasteiger partial charge in [-0.3, -0.25) is 19.7 Å². The van der Waals surface area contributed by atoms with Gasteiger partial charge in [0.1, 0.15) is 11.5 Å². The normalized spacial score (nSPS) is 14.8. The molecule has 1 fully saturated rings. The molecule has 0 unspecified atom stereocenters. The third-order valence-electron chi connectivity index (χ3n) is 4.95. The number of halogens is 1. The average molecular weight is 396 g/mol. The first-order valence-electron chi connectivity index (χ1n) is 9.43. The first-order valence-corrected chi connectivity index (χ1v) is 9.43. The van der Waals surface area contributed by atoms with E-state index in [1.54, 1.807) is 25.1 Å². The van der Waals surface area contributed by atoms with Crippen LogP contribution in [-0.2, 0) is 0 Å². The molecule has 0 spiro atoms. The molecule has 29 heavy (non-hydrogen) atoms. The van der Waals surface area contributed by atoms with E-state index in [2.05, 4.69) is 25.5 Å². The number of aromatic amines is 2. The van der Waals surface area contributed by atoms with Gasteiger partial charge in [-0.2, -0.15) is 5.10 Å². The average Bonchev–Trinajstić information content (AvgIpc) is 3.19. The van der Waals surface area contributed by atoms with Crippen molar-refractivity contribution in [3.63, 3.8) is 0 Å². The number of nitrogens with one attached hydrogen (secondary N) is 3. The van der Waals surface area contributed by atoms with Crippen LogP contribution in [0.25, 0.3) is 11.3 Å². The number of hydrogen-bond donors (Lipinski definition) is 3. The first-order chi connectivity index (χ1) is 14.0. The van der Waals surface area contributed by atoms with Crippen molar-refractivity contribution in [2.45, 2.75) is 25.8 Å². The second kappa shape index (κ2) is 7.86. The highest BCUT2D eigenvalue weighted by atomic mass is 19.1. The van der Waals surface area contributed by atoms with Gasteiger partial charge in [-0.15, -0.1) is 0 Å². The Hall–Kier alpha value is -3.49. The molecule has 3 N–H and O–H groups in total. The summed E-state index contributed by atoms with van der Waals surface area (Å²) in [6.07, 6.45) is 1.48. The molecule has 0 atom stereocenters. The van der Waals surface area contributed by atoms with E-state index in [9.17, 15) is 14.0 Å². The van der Waals surface area contributed by atoms with Gasteiger partial charge in [0, 0.05) is 36.5 Å². The number of hydrogen-bond acceptors (Lipinski definition) is 5. The highest BCUT2D eigenvalue weighted by molar-refractivity contribution is 5.93. The van der Waals surface area contributed by atoms with Gasteiger partial charge >= 0.3 is 0 Å². The Kier molecular flexibility index (Phi) is 5.11. The first kappa shape index (κ1) is 18.9. The molecule has 9 heteroatoms. The van der Waals surface area contributed by atoms with E-state index in [0.717, 1.165) is 18.4 Å². The van der Waals surface area contributed by atoms with Crippen molar-refractivity contribution >= 4 is 11.9 Å². The summed E-state index contributed by atoms with van der Waals surface area (Å²) < 4.78 is 13.1. The van der Waals surface area contributed by atoms with Crippen molar-refractivity contribution in [3.8, 4) is 11.3 Å². The van der Waals surface area contributed by atoms with Gasteiger partial charge < -0.3 is 10.2 Å². The smallest absolute Gasteiger partial charge is 0.269 e. The Bertz CT molecular complexity index is 1070. The Morgan fingerprint density at radius 1 is 1.21 bits per heavy atom. The molecule has 0 aliphatic carbocycles. The van der Waals surface area contributed by atoms with E-state index in [1.807, 2.05) is 4.90 Å². The molecule has 3 heterocycles. The largest absolute Gasteiger partial charge is 0.348 e. The molecule has 8 nitrogen and oxygen atoms in total. The number of benzene rings is 1. The van der Waals surface area contributed by atoms with Crippen molar-refractivity contribution in [1.82, 2.24) is 25.5 Å². The van der Waals surface area contributed by atoms with Crippen molar-refractivity contribution < 1.29 is 9.18 Å². The van der Waals surface area contributed by atoms with Gasteiger partial charge in [-0.05, 0) is 50.1 Å². The van der Waals surface area contributed by atoms with Crippen LogP contribution in [0, 0.1) is 12.7 Å². The summed E-state index contributed by atoms with van der Waals surface area (Å²) in [5.74, 6) is 0.0159. The quantitative estimate of drug-likeness (QED) is 0.625. The minimum absolute atomic E-state index is 0.0212. The summed E-state index contributed by atoms with van der Waals surface area (Å²) in [7, 11) is 0. The number of amides is 1. The predicted molar refractivity (Wildman–Crippen MR) is 106 cm³/mol. The summed E-state index contributed by atoms with van der Waals surface area (Å²) in [5, 5.41) is 9.89. The molecular formula is C20H21FN6O2. The molecule has 0 radical (unpaired) electrons. The van der Waals surface area contributed by atoms with Crippen LogP contribution < -0.4 is 15.8 Å². The number of aryl methyl sites for hydroxylation is 1. The molecule has 4 rings (SSSR count). The zero-order valence-corrected chi connectivity index (χ0v) is 15.9. The Morgan fingerprint density at radius 2 is 1.93 bits per heavy atom. The fraction of sp³-hybridized carbons (Fsp3) is 0.300. The number of aromatic nitrogens is 4.